The maximum absolute atomic E-state index is 8.87. The standard InChI is InChI=1S/C17H18N2/c1-12-5-4-6-13(2)17(12)19-11-16-8-7-15(10-18)9-14(16)3/h4-9,19H,11H2,1-3H3. The van der Waals surface area contributed by atoms with E-state index in [-0.39, 0.29) is 0 Å². The van der Waals surface area contributed by atoms with Gasteiger partial charge in [0.05, 0.1) is 11.6 Å². The average Bonchev–Trinajstić information content (AvgIpc) is 2.39. The van der Waals surface area contributed by atoms with Gasteiger partial charge in [-0.3, -0.25) is 0 Å². The first-order valence-corrected chi connectivity index (χ1v) is 6.41. The van der Waals surface area contributed by atoms with Crippen molar-refractivity contribution in [2.75, 3.05) is 5.32 Å². The molecule has 0 atom stereocenters. The molecule has 0 saturated heterocycles. The van der Waals surface area contributed by atoms with Crippen LogP contribution in [0.5, 0.6) is 0 Å². The molecule has 0 saturated carbocycles. The van der Waals surface area contributed by atoms with Crippen LogP contribution in [0.3, 0.4) is 0 Å². The number of rotatable bonds is 3. The molecule has 0 radical (unpaired) electrons. The molecule has 2 aromatic carbocycles. The van der Waals surface area contributed by atoms with Gasteiger partial charge in [-0.2, -0.15) is 5.26 Å². The maximum Gasteiger partial charge on any atom is 0.0991 e. The third kappa shape index (κ3) is 2.95. The van der Waals surface area contributed by atoms with Gasteiger partial charge in [0.1, 0.15) is 0 Å². The molecule has 96 valence electrons. The molecule has 19 heavy (non-hydrogen) atoms. The second-order valence-corrected chi connectivity index (χ2v) is 4.87. The Balaban J connectivity index is 2.17. The van der Waals surface area contributed by atoms with E-state index in [1.54, 1.807) is 0 Å². The number of hydrogen-bond donors (Lipinski definition) is 1. The Bertz CT molecular complexity index is 616. The Morgan fingerprint density at radius 1 is 1.00 bits per heavy atom. The Labute approximate surface area is 114 Å². The van der Waals surface area contributed by atoms with E-state index in [2.05, 4.69) is 43.4 Å². The lowest BCUT2D eigenvalue weighted by Gasteiger charge is -2.14. The van der Waals surface area contributed by atoms with Crippen LogP contribution < -0.4 is 5.32 Å². The van der Waals surface area contributed by atoms with Gasteiger partial charge in [-0.05, 0) is 55.2 Å². The summed E-state index contributed by atoms with van der Waals surface area (Å²) >= 11 is 0. The lowest BCUT2D eigenvalue weighted by atomic mass is 10.0. The fourth-order valence-electron chi connectivity index (χ4n) is 2.24. The summed E-state index contributed by atoms with van der Waals surface area (Å²) in [6, 6.07) is 14.3. The van der Waals surface area contributed by atoms with Crippen LogP contribution in [-0.2, 0) is 6.54 Å². The van der Waals surface area contributed by atoms with Gasteiger partial charge in [0.2, 0.25) is 0 Å². The lowest BCUT2D eigenvalue weighted by Crippen LogP contribution is -2.04. The van der Waals surface area contributed by atoms with Crippen molar-refractivity contribution in [1.82, 2.24) is 0 Å². The van der Waals surface area contributed by atoms with Crippen molar-refractivity contribution in [3.8, 4) is 6.07 Å². The fraction of sp³-hybridized carbons (Fsp3) is 0.235. The van der Waals surface area contributed by atoms with E-state index >= 15 is 0 Å². The summed E-state index contributed by atoms with van der Waals surface area (Å²) in [4.78, 5) is 0. The smallest absolute Gasteiger partial charge is 0.0991 e. The Kier molecular flexibility index (Phi) is 3.87. The molecule has 1 N–H and O–H groups in total. The molecule has 0 aliphatic heterocycles. The molecule has 0 spiro atoms. The number of para-hydroxylation sites is 1. The molecular weight excluding hydrogens is 232 g/mol. The Morgan fingerprint density at radius 2 is 1.68 bits per heavy atom. The monoisotopic (exact) mass is 250 g/mol. The predicted octanol–water partition coefficient (Wildman–Crippen LogP) is 4.10. The first-order valence-electron chi connectivity index (χ1n) is 6.41. The minimum atomic E-state index is 0.716. The minimum Gasteiger partial charge on any atom is -0.381 e. The van der Waals surface area contributed by atoms with Crippen molar-refractivity contribution in [3.05, 3.63) is 64.2 Å². The highest BCUT2D eigenvalue weighted by molar-refractivity contribution is 5.57. The van der Waals surface area contributed by atoms with Gasteiger partial charge >= 0.3 is 0 Å². The third-order valence-electron chi connectivity index (χ3n) is 3.41. The first-order chi connectivity index (χ1) is 9.11. The Hall–Kier alpha value is -2.27. The second kappa shape index (κ2) is 5.58. The number of anilines is 1. The van der Waals surface area contributed by atoms with E-state index < -0.39 is 0 Å². The molecule has 2 nitrogen and oxygen atoms in total. The van der Waals surface area contributed by atoms with Crippen molar-refractivity contribution < 1.29 is 0 Å². The van der Waals surface area contributed by atoms with E-state index in [1.807, 2.05) is 25.1 Å². The second-order valence-electron chi connectivity index (χ2n) is 4.87. The molecule has 0 aromatic heterocycles. The van der Waals surface area contributed by atoms with Crippen LogP contribution in [0.15, 0.2) is 36.4 Å². The van der Waals surface area contributed by atoms with Crippen molar-refractivity contribution in [2.45, 2.75) is 27.3 Å². The molecule has 0 fully saturated rings. The van der Waals surface area contributed by atoms with Gasteiger partial charge in [-0.25, -0.2) is 0 Å². The highest BCUT2D eigenvalue weighted by atomic mass is 14.9. The molecule has 0 bridgehead atoms. The molecule has 2 heteroatoms. The largest absolute Gasteiger partial charge is 0.381 e. The van der Waals surface area contributed by atoms with Gasteiger partial charge in [-0.15, -0.1) is 0 Å². The minimum absolute atomic E-state index is 0.716. The zero-order valence-electron chi connectivity index (χ0n) is 11.6. The molecular formula is C17H18N2. The summed E-state index contributed by atoms with van der Waals surface area (Å²) in [5, 5.41) is 12.4. The van der Waals surface area contributed by atoms with E-state index in [0.29, 0.717) is 5.56 Å². The number of nitrogens with zero attached hydrogens (tertiary/aromatic N) is 1. The summed E-state index contributed by atoms with van der Waals surface area (Å²) < 4.78 is 0. The van der Waals surface area contributed by atoms with Crippen LogP contribution in [-0.4, -0.2) is 0 Å². The van der Waals surface area contributed by atoms with Crippen molar-refractivity contribution in [2.24, 2.45) is 0 Å². The van der Waals surface area contributed by atoms with E-state index in [9.17, 15) is 0 Å². The normalized spacial score (nSPS) is 10.0. The van der Waals surface area contributed by atoms with E-state index in [0.717, 1.165) is 12.1 Å². The van der Waals surface area contributed by atoms with Gasteiger partial charge in [-0.1, -0.05) is 24.3 Å². The highest BCUT2D eigenvalue weighted by Crippen LogP contribution is 2.21. The fourth-order valence-corrected chi connectivity index (χ4v) is 2.24. The zero-order chi connectivity index (χ0) is 13.8. The van der Waals surface area contributed by atoms with Gasteiger partial charge < -0.3 is 5.32 Å². The summed E-state index contributed by atoms with van der Waals surface area (Å²) in [5.41, 5.74) is 6.80. The maximum atomic E-state index is 8.87. The van der Waals surface area contributed by atoms with Gasteiger partial charge in [0, 0.05) is 12.2 Å². The lowest BCUT2D eigenvalue weighted by molar-refractivity contribution is 1.10. The number of benzene rings is 2. The summed E-state index contributed by atoms with van der Waals surface area (Å²) in [6.07, 6.45) is 0. The first kappa shape index (κ1) is 13.2. The van der Waals surface area contributed by atoms with E-state index in [1.165, 1.54) is 22.4 Å². The predicted molar refractivity (Wildman–Crippen MR) is 79.1 cm³/mol. The number of aryl methyl sites for hydroxylation is 3. The SMILES string of the molecule is Cc1cc(C#N)ccc1CNc1c(C)cccc1C. The quantitative estimate of drug-likeness (QED) is 0.890. The van der Waals surface area contributed by atoms with E-state index in [4.69, 9.17) is 5.26 Å². The topological polar surface area (TPSA) is 35.8 Å². The van der Waals surface area contributed by atoms with Crippen LogP contribution in [0.2, 0.25) is 0 Å². The van der Waals surface area contributed by atoms with Crippen LogP contribution in [0, 0.1) is 32.1 Å². The van der Waals surface area contributed by atoms with Gasteiger partial charge in [0.25, 0.3) is 0 Å². The van der Waals surface area contributed by atoms with Crippen LogP contribution in [0.25, 0.3) is 0 Å². The number of nitriles is 1. The van der Waals surface area contributed by atoms with Crippen molar-refractivity contribution in [3.63, 3.8) is 0 Å². The molecule has 0 aliphatic rings. The third-order valence-corrected chi connectivity index (χ3v) is 3.41. The summed E-state index contributed by atoms with van der Waals surface area (Å²) in [6.45, 7) is 7.05. The van der Waals surface area contributed by atoms with Crippen LogP contribution >= 0.6 is 0 Å². The molecule has 2 aromatic rings. The summed E-state index contributed by atoms with van der Waals surface area (Å²) in [5.74, 6) is 0. The summed E-state index contributed by atoms with van der Waals surface area (Å²) in [7, 11) is 0. The molecule has 0 aliphatic carbocycles. The zero-order valence-corrected chi connectivity index (χ0v) is 11.6. The molecule has 0 amide bonds. The van der Waals surface area contributed by atoms with Crippen LogP contribution in [0.1, 0.15) is 27.8 Å². The van der Waals surface area contributed by atoms with Crippen LogP contribution in [0.4, 0.5) is 5.69 Å². The Morgan fingerprint density at radius 3 is 2.26 bits per heavy atom. The van der Waals surface area contributed by atoms with Crippen molar-refractivity contribution in [1.29, 1.82) is 5.26 Å². The van der Waals surface area contributed by atoms with Gasteiger partial charge in [0.15, 0.2) is 0 Å². The molecule has 0 heterocycles. The number of hydrogen-bond acceptors (Lipinski definition) is 2. The van der Waals surface area contributed by atoms with Crippen molar-refractivity contribution >= 4 is 5.69 Å². The highest BCUT2D eigenvalue weighted by Gasteiger charge is 2.03. The molecule has 2 rings (SSSR count). The average molecular weight is 250 g/mol. The number of nitrogens with one attached hydrogen (secondary N) is 1. The molecule has 0 unspecified atom stereocenters.